The lowest BCUT2D eigenvalue weighted by atomic mass is 10.1. The van der Waals surface area contributed by atoms with E-state index in [-0.39, 0.29) is 18.0 Å². The van der Waals surface area contributed by atoms with E-state index < -0.39 is 5.60 Å². The topological polar surface area (TPSA) is 93.9 Å². The number of nitrogens with one attached hydrogen (secondary N) is 1. The number of nitrogens with two attached hydrogens (primary N) is 1. The average Bonchev–Trinajstić information content (AvgIpc) is 3.15. The highest BCUT2D eigenvalue weighted by molar-refractivity contribution is 5.95. The van der Waals surface area contributed by atoms with Gasteiger partial charge in [0.1, 0.15) is 18.0 Å². The van der Waals surface area contributed by atoms with E-state index in [0.29, 0.717) is 43.1 Å². The molecule has 3 N–H and O–H groups in total. The first-order valence-corrected chi connectivity index (χ1v) is 10.1. The van der Waals surface area contributed by atoms with E-state index >= 15 is 0 Å². The van der Waals surface area contributed by atoms with Crippen molar-refractivity contribution in [2.75, 3.05) is 18.8 Å². The van der Waals surface area contributed by atoms with Crippen molar-refractivity contribution in [3.8, 4) is 5.75 Å². The molecule has 2 aromatic carbocycles. The molecule has 0 saturated carbocycles. The van der Waals surface area contributed by atoms with Gasteiger partial charge in [0.05, 0.1) is 5.69 Å². The molecule has 1 aliphatic heterocycles. The van der Waals surface area contributed by atoms with E-state index in [1.54, 1.807) is 23.1 Å². The summed E-state index contributed by atoms with van der Waals surface area (Å²) < 4.78 is 11.1. The molecule has 0 radical (unpaired) electrons. The Morgan fingerprint density at radius 3 is 2.57 bits per heavy atom. The first-order valence-electron chi connectivity index (χ1n) is 10.1. The summed E-state index contributed by atoms with van der Waals surface area (Å²) in [6.45, 7) is 6.87. The Hall–Kier alpha value is -3.22. The van der Waals surface area contributed by atoms with Crippen LogP contribution in [0.5, 0.6) is 5.75 Å². The van der Waals surface area contributed by atoms with Gasteiger partial charge in [-0.15, -0.1) is 0 Å². The Morgan fingerprint density at radius 2 is 1.90 bits per heavy atom. The molecular formula is C23H29N3O4. The fraction of sp³-hybridized carbons (Fsp3) is 0.391. The van der Waals surface area contributed by atoms with E-state index in [2.05, 4.69) is 5.32 Å². The van der Waals surface area contributed by atoms with Crippen molar-refractivity contribution in [3.05, 3.63) is 59.7 Å². The standard InChI is InChI=1S/C23H29N3O4/c1-23(2,3)30-22(28)26-12-11-18(14-26)25-21(27)17-9-10-20(19(24)13-17)29-15-16-7-5-4-6-8-16/h4-10,13,18H,11-12,14-15,24H2,1-3H3,(H,25,27). The first-order chi connectivity index (χ1) is 14.2. The van der Waals surface area contributed by atoms with Crippen molar-refractivity contribution in [2.24, 2.45) is 0 Å². The number of ether oxygens (including phenoxy) is 2. The van der Waals surface area contributed by atoms with E-state index in [1.807, 2.05) is 51.1 Å². The van der Waals surface area contributed by atoms with Crippen LogP contribution >= 0.6 is 0 Å². The average molecular weight is 412 g/mol. The second-order valence-electron chi connectivity index (χ2n) is 8.41. The summed E-state index contributed by atoms with van der Waals surface area (Å²) in [7, 11) is 0. The molecule has 2 amide bonds. The lowest BCUT2D eigenvalue weighted by molar-refractivity contribution is 0.0290. The van der Waals surface area contributed by atoms with Crippen LogP contribution in [0.25, 0.3) is 0 Å². The van der Waals surface area contributed by atoms with Crippen LogP contribution in [0.2, 0.25) is 0 Å². The molecule has 7 heteroatoms. The minimum absolute atomic E-state index is 0.125. The van der Waals surface area contributed by atoms with E-state index in [0.717, 1.165) is 5.56 Å². The molecule has 160 valence electrons. The highest BCUT2D eigenvalue weighted by Gasteiger charge is 2.30. The largest absolute Gasteiger partial charge is 0.487 e. The van der Waals surface area contributed by atoms with Gasteiger partial charge < -0.3 is 25.4 Å². The van der Waals surface area contributed by atoms with Crippen LogP contribution in [0.3, 0.4) is 0 Å². The zero-order valence-corrected chi connectivity index (χ0v) is 17.7. The number of amides is 2. The molecule has 30 heavy (non-hydrogen) atoms. The SMILES string of the molecule is CC(C)(C)OC(=O)N1CCC(NC(=O)c2ccc(OCc3ccccc3)c(N)c2)C1. The fourth-order valence-corrected chi connectivity index (χ4v) is 3.20. The second-order valence-corrected chi connectivity index (χ2v) is 8.41. The quantitative estimate of drug-likeness (QED) is 0.734. The first kappa shape index (κ1) is 21.5. The Bertz CT molecular complexity index is 893. The molecule has 1 fully saturated rings. The van der Waals surface area contributed by atoms with Gasteiger partial charge in [-0.1, -0.05) is 30.3 Å². The molecule has 1 aliphatic rings. The Balaban J connectivity index is 1.53. The van der Waals surface area contributed by atoms with Gasteiger partial charge in [-0.25, -0.2) is 4.79 Å². The molecule has 2 aromatic rings. The molecule has 1 atom stereocenters. The molecule has 1 saturated heterocycles. The monoisotopic (exact) mass is 411 g/mol. The van der Waals surface area contributed by atoms with E-state index in [9.17, 15) is 9.59 Å². The third kappa shape index (κ3) is 5.89. The zero-order chi connectivity index (χ0) is 21.7. The number of rotatable bonds is 5. The lowest BCUT2D eigenvalue weighted by Crippen LogP contribution is -2.40. The zero-order valence-electron chi connectivity index (χ0n) is 17.7. The maximum absolute atomic E-state index is 12.6. The van der Waals surface area contributed by atoms with Crippen LogP contribution in [0.1, 0.15) is 43.1 Å². The number of carbonyl (C=O) groups excluding carboxylic acids is 2. The summed E-state index contributed by atoms with van der Waals surface area (Å²) >= 11 is 0. The Labute approximate surface area is 177 Å². The summed E-state index contributed by atoms with van der Waals surface area (Å²) in [5.74, 6) is 0.305. The minimum Gasteiger partial charge on any atom is -0.487 e. The van der Waals surface area contributed by atoms with Crippen molar-refractivity contribution >= 4 is 17.7 Å². The van der Waals surface area contributed by atoms with Gasteiger partial charge in [0, 0.05) is 24.7 Å². The Morgan fingerprint density at radius 1 is 1.17 bits per heavy atom. The number of likely N-dealkylation sites (tertiary alicyclic amines) is 1. The highest BCUT2D eigenvalue weighted by atomic mass is 16.6. The summed E-state index contributed by atoms with van der Waals surface area (Å²) in [5, 5.41) is 2.96. The van der Waals surface area contributed by atoms with Crippen LogP contribution in [0.15, 0.2) is 48.5 Å². The number of hydrogen-bond donors (Lipinski definition) is 2. The van der Waals surface area contributed by atoms with Crippen LogP contribution < -0.4 is 15.8 Å². The van der Waals surface area contributed by atoms with E-state index in [1.165, 1.54) is 0 Å². The molecule has 7 nitrogen and oxygen atoms in total. The number of nitrogens with zero attached hydrogens (tertiary/aromatic N) is 1. The number of hydrogen-bond acceptors (Lipinski definition) is 5. The number of anilines is 1. The third-order valence-electron chi connectivity index (χ3n) is 4.68. The van der Waals surface area contributed by atoms with Crippen molar-refractivity contribution in [1.29, 1.82) is 0 Å². The smallest absolute Gasteiger partial charge is 0.410 e. The number of nitrogen functional groups attached to an aromatic ring is 1. The van der Waals surface area contributed by atoms with Gasteiger partial charge in [-0.3, -0.25) is 4.79 Å². The maximum Gasteiger partial charge on any atom is 0.410 e. The normalized spacial score (nSPS) is 16.2. The van der Waals surface area contributed by atoms with Crippen molar-refractivity contribution < 1.29 is 19.1 Å². The predicted molar refractivity (Wildman–Crippen MR) is 115 cm³/mol. The molecule has 0 bridgehead atoms. The van der Waals surface area contributed by atoms with Gasteiger partial charge in [0.15, 0.2) is 0 Å². The predicted octanol–water partition coefficient (Wildman–Crippen LogP) is 3.59. The van der Waals surface area contributed by atoms with Gasteiger partial charge in [0.25, 0.3) is 5.91 Å². The van der Waals surface area contributed by atoms with Gasteiger partial charge >= 0.3 is 6.09 Å². The van der Waals surface area contributed by atoms with Crippen molar-refractivity contribution in [2.45, 2.75) is 45.4 Å². The molecule has 3 rings (SSSR count). The summed E-state index contributed by atoms with van der Waals surface area (Å²) in [5.41, 5.74) is 7.43. The summed E-state index contributed by atoms with van der Waals surface area (Å²) in [6, 6.07) is 14.7. The molecule has 1 unspecified atom stereocenters. The van der Waals surface area contributed by atoms with Crippen LogP contribution in [0, 0.1) is 0 Å². The van der Waals surface area contributed by atoms with Gasteiger partial charge in [-0.2, -0.15) is 0 Å². The van der Waals surface area contributed by atoms with Crippen LogP contribution in [-0.2, 0) is 11.3 Å². The minimum atomic E-state index is -0.541. The van der Waals surface area contributed by atoms with Crippen molar-refractivity contribution in [3.63, 3.8) is 0 Å². The van der Waals surface area contributed by atoms with Gasteiger partial charge in [0.2, 0.25) is 0 Å². The summed E-state index contributed by atoms with van der Waals surface area (Å²) in [6.07, 6.45) is 0.321. The van der Waals surface area contributed by atoms with Gasteiger partial charge in [-0.05, 0) is 51.0 Å². The second kappa shape index (κ2) is 9.07. The number of benzene rings is 2. The fourth-order valence-electron chi connectivity index (χ4n) is 3.20. The Kier molecular flexibility index (Phi) is 6.50. The molecule has 0 spiro atoms. The van der Waals surface area contributed by atoms with Crippen LogP contribution in [-0.4, -0.2) is 41.6 Å². The molecule has 0 aliphatic carbocycles. The third-order valence-corrected chi connectivity index (χ3v) is 4.68. The maximum atomic E-state index is 12.6. The number of carbonyl (C=O) groups is 2. The highest BCUT2D eigenvalue weighted by Crippen LogP contribution is 2.24. The van der Waals surface area contributed by atoms with Crippen molar-refractivity contribution in [1.82, 2.24) is 10.2 Å². The van der Waals surface area contributed by atoms with Crippen LogP contribution in [0.4, 0.5) is 10.5 Å². The lowest BCUT2D eigenvalue weighted by Gasteiger charge is -2.24. The molecule has 1 heterocycles. The molecular weight excluding hydrogens is 382 g/mol. The summed E-state index contributed by atoms with van der Waals surface area (Å²) in [4.78, 5) is 26.4. The molecule has 0 aromatic heterocycles. The van der Waals surface area contributed by atoms with E-state index in [4.69, 9.17) is 15.2 Å².